The van der Waals surface area contributed by atoms with Gasteiger partial charge in [-0.05, 0) is 12.3 Å². The summed E-state index contributed by atoms with van der Waals surface area (Å²) in [6.45, 7) is 5.42. The number of carbonyl (C=O) groups is 2. The molecule has 2 nitrogen and oxygen atoms in total. The van der Waals surface area contributed by atoms with Crippen molar-refractivity contribution < 1.29 is 18.4 Å². The molecule has 0 unspecified atom stereocenters. The molecule has 0 radical (unpaired) electrons. The van der Waals surface area contributed by atoms with Crippen molar-refractivity contribution in [3.05, 3.63) is 0 Å². The largest absolute Gasteiger partial charge is 0.305 e. The van der Waals surface area contributed by atoms with E-state index in [0.717, 1.165) is 12.8 Å². The van der Waals surface area contributed by atoms with Gasteiger partial charge in [0, 0.05) is 12.8 Å². The standard InChI is InChI=1S/C13H22F2O2/c1-4-13(14,15)12(17)9-11(16)8-6-5-7-10(2)3/h10H,4-9H2,1-3H3. The number of carbonyl (C=O) groups excluding carboxylic acids is 2. The van der Waals surface area contributed by atoms with E-state index < -0.39 is 24.5 Å². The van der Waals surface area contributed by atoms with E-state index >= 15 is 0 Å². The maximum atomic E-state index is 12.9. The van der Waals surface area contributed by atoms with E-state index in [2.05, 4.69) is 13.8 Å². The van der Waals surface area contributed by atoms with Gasteiger partial charge in [0.05, 0.1) is 6.42 Å². The van der Waals surface area contributed by atoms with E-state index in [9.17, 15) is 18.4 Å². The number of unbranched alkanes of at least 4 members (excludes halogenated alkanes) is 1. The number of halogens is 2. The third-order valence-electron chi connectivity index (χ3n) is 2.70. The van der Waals surface area contributed by atoms with Crippen LogP contribution in [-0.2, 0) is 9.59 Å². The van der Waals surface area contributed by atoms with Crippen molar-refractivity contribution in [3.63, 3.8) is 0 Å². The highest BCUT2D eigenvalue weighted by molar-refractivity contribution is 6.02. The van der Waals surface area contributed by atoms with Crippen LogP contribution in [-0.4, -0.2) is 17.5 Å². The van der Waals surface area contributed by atoms with Gasteiger partial charge < -0.3 is 0 Å². The molecule has 17 heavy (non-hydrogen) atoms. The Morgan fingerprint density at radius 2 is 1.76 bits per heavy atom. The van der Waals surface area contributed by atoms with Gasteiger partial charge in [0.2, 0.25) is 5.78 Å². The maximum absolute atomic E-state index is 12.9. The van der Waals surface area contributed by atoms with Crippen molar-refractivity contribution in [1.29, 1.82) is 0 Å². The average molecular weight is 248 g/mol. The third-order valence-corrected chi connectivity index (χ3v) is 2.70. The molecule has 0 saturated heterocycles. The predicted molar refractivity (Wildman–Crippen MR) is 63.2 cm³/mol. The molecule has 0 aromatic carbocycles. The quantitative estimate of drug-likeness (QED) is 0.459. The lowest BCUT2D eigenvalue weighted by Crippen LogP contribution is -2.29. The Labute approximate surface area is 102 Å². The fourth-order valence-corrected chi connectivity index (χ4v) is 1.47. The molecular formula is C13H22F2O2. The first-order valence-electron chi connectivity index (χ1n) is 6.22. The molecule has 0 heterocycles. The SMILES string of the molecule is CCC(F)(F)C(=O)CC(=O)CCCCC(C)C. The number of rotatable bonds is 9. The number of hydrogen-bond acceptors (Lipinski definition) is 2. The van der Waals surface area contributed by atoms with E-state index in [0.29, 0.717) is 12.3 Å². The lowest BCUT2D eigenvalue weighted by molar-refractivity contribution is -0.145. The summed E-state index contributed by atoms with van der Waals surface area (Å²) in [4.78, 5) is 22.4. The Bertz CT molecular complexity index is 260. The highest BCUT2D eigenvalue weighted by Gasteiger charge is 2.36. The molecule has 0 rings (SSSR count). The Morgan fingerprint density at radius 1 is 1.18 bits per heavy atom. The molecule has 0 atom stereocenters. The van der Waals surface area contributed by atoms with E-state index in [1.807, 2.05) is 0 Å². The minimum atomic E-state index is -3.34. The molecular weight excluding hydrogens is 226 g/mol. The third kappa shape index (κ3) is 7.18. The second kappa shape index (κ2) is 7.51. The minimum Gasteiger partial charge on any atom is -0.299 e. The van der Waals surface area contributed by atoms with Crippen molar-refractivity contribution >= 4 is 11.6 Å². The summed E-state index contributed by atoms with van der Waals surface area (Å²) in [7, 11) is 0. The average Bonchev–Trinajstić information content (AvgIpc) is 2.24. The van der Waals surface area contributed by atoms with Crippen LogP contribution in [0.2, 0.25) is 0 Å². The molecule has 0 amide bonds. The molecule has 0 fully saturated rings. The van der Waals surface area contributed by atoms with E-state index in [1.165, 1.54) is 6.92 Å². The second-order valence-corrected chi connectivity index (χ2v) is 4.84. The van der Waals surface area contributed by atoms with Gasteiger partial charge in [-0.25, -0.2) is 0 Å². The first-order valence-corrected chi connectivity index (χ1v) is 6.22. The Morgan fingerprint density at radius 3 is 2.24 bits per heavy atom. The van der Waals surface area contributed by atoms with E-state index in [-0.39, 0.29) is 12.2 Å². The Hall–Kier alpha value is -0.800. The van der Waals surface area contributed by atoms with Crippen LogP contribution in [0, 0.1) is 5.92 Å². The minimum absolute atomic E-state index is 0.234. The molecule has 0 aromatic rings. The van der Waals surface area contributed by atoms with Crippen LogP contribution in [0.3, 0.4) is 0 Å². The van der Waals surface area contributed by atoms with Gasteiger partial charge in [-0.2, -0.15) is 8.78 Å². The summed E-state index contributed by atoms with van der Waals surface area (Å²) in [5, 5.41) is 0. The number of Topliss-reactive ketones (excluding diaryl/α,β-unsaturated/α-hetero) is 2. The molecule has 0 spiro atoms. The second-order valence-electron chi connectivity index (χ2n) is 4.84. The highest BCUT2D eigenvalue weighted by Crippen LogP contribution is 2.21. The van der Waals surface area contributed by atoms with Crippen LogP contribution in [0.1, 0.15) is 59.3 Å². The molecule has 0 saturated carbocycles. The number of ketones is 2. The van der Waals surface area contributed by atoms with Crippen LogP contribution < -0.4 is 0 Å². The van der Waals surface area contributed by atoms with Crippen LogP contribution >= 0.6 is 0 Å². The van der Waals surface area contributed by atoms with E-state index in [4.69, 9.17) is 0 Å². The molecule has 0 bridgehead atoms. The van der Waals surface area contributed by atoms with Crippen LogP contribution in [0.5, 0.6) is 0 Å². The zero-order chi connectivity index (χ0) is 13.5. The Balaban J connectivity index is 3.83. The summed E-state index contributed by atoms with van der Waals surface area (Å²) in [6.07, 6.45) is 1.68. The number of alkyl halides is 2. The number of hydrogen-bond donors (Lipinski definition) is 0. The van der Waals surface area contributed by atoms with Gasteiger partial charge in [0.25, 0.3) is 0 Å². The summed E-state index contributed by atoms with van der Waals surface area (Å²) in [6, 6.07) is 0. The summed E-state index contributed by atoms with van der Waals surface area (Å²) < 4.78 is 25.8. The maximum Gasteiger partial charge on any atom is 0.305 e. The molecule has 0 aromatic heterocycles. The van der Waals surface area contributed by atoms with E-state index in [1.54, 1.807) is 0 Å². The molecule has 0 aliphatic rings. The van der Waals surface area contributed by atoms with Gasteiger partial charge >= 0.3 is 5.92 Å². The smallest absolute Gasteiger partial charge is 0.299 e. The highest BCUT2D eigenvalue weighted by atomic mass is 19.3. The first kappa shape index (κ1) is 16.2. The summed E-state index contributed by atoms with van der Waals surface area (Å²) in [5.41, 5.74) is 0. The van der Waals surface area contributed by atoms with Crippen molar-refractivity contribution in [2.45, 2.75) is 65.2 Å². The normalized spacial score (nSPS) is 11.9. The van der Waals surface area contributed by atoms with Crippen LogP contribution in [0.4, 0.5) is 8.78 Å². The van der Waals surface area contributed by atoms with Gasteiger partial charge in [-0.1, -0.05) is 33.6 Å². The lowest BCUT2D eigenvalue weighted by Gasteiger charge is -2.11. The van der Waals surface area contributed by atoms with Crippen LogP contribution in [0.25, 0.3) is 0 Å². The van der Waals surface area contributed by atoms with Crippen molar-refractivity contribution in [1.82, 2.24) is 0 Å². The molecule has 0 N–H and O–H groups in total. The van der Waals surface area contributed by atoms with Gasteiger partial charge in [0.1, 0.15) is 5.78 Å². The summed E-state index contributed by atoms with van der Waals surface area (Å²) in [5.74, 6) is -4.37. The summed E-state index contributed by atoms with van der Waals surface area (Å²) >= 11 is 0. The fraction of sp³-hybridized carbons (Fsp3) is 0.846. The van der Waals surface area contributed by atoms with Crippen molar-refractivity contribution in [2.75, 3.05) is 0 Å². The molecule has 4 heteroatoms. The van der Waals surface area contributed by atoms with Gasteiger partial charge in [0.15, 0.2) is 0 Å². The van der Waals surface area contributed by atoms with Crippen molar-refractivity contribution in [3.8, 4) is 0 Å². The first-order chi connectivity index (χ1) is 7.79. The predicted octanol–water partition coefficient (Wildman–Crippen LogP) is 3.78. The molecule has 0 aliphatic heterocycles. The monoisotopic (exact) mass is 248 g/mol. The molecule has 100 valence electrons. The fourth-order valence-electron chi connectivity index (χ4n) is 1.47. The van der Waals surface area contributed by atoms with Crippen LogP contribution in [0.15, 0.2) is 0 Å². The Kier molecular flexibility index (Phi) is 7.16. The van der Waals surface area contributed by atoms with Gasteiger partial charge in [-0.15, -0.1) is 0 Å². The molecule has 0 aliphatic carbocycles. The van der Waals surface area contributed by atoms with Crippen molar-refractivity contribution in [2.24, 2.45) is 5.92 Å². The topological polar surface area (TPSA) is 34.1 Å². The zero-order valence-electron chi connectivity index (χ0n) is 10.9. The lowest BCUT2D eigenvalue weighted by atomic mass is 10.0. The van der Waals surface area contributed by atoms with Gasteiger partial charge in [-0.3, -0.25) is 9.59 Å². The zero-order valence-corrected chi connectivity index (χ0v) is 10.9.